The molecule has 54 heavy (non-hydrogen) atoms. The largest absolute Gasteiger partial charge is 0.494 e. The third kappa shape index (κ3) is 10.0. The summed E-state index contributed by atoms with van der Waals surface area (Å²) in [6.45, 7) is 14.0. The average molecular weight is 769 g/mol. The molecule has 0 radical (unpaired) electrons. The summed E-state index contributed by atoms with van der Waals surface area (Å²) in [6.07, 6.45) is 1.02. The highest BCUT2D eigenvalue weighted by atomic mass is 35.5. The maximum absolute atomic E-state index is 13.2. The van der Waals surface area contributed by atoms with Gasteiger partial charge in [0.1, 0.15) is 42.4 Å². The van der Waals surface area contributed by atoms with Gasteiger partial charge in [-0.05, 0) is 61.1 Å². The smallest absolute Gasteiger partial charge is 0.326 e. The fourth-order valence-electron chi connectivity index (χ4n) is 7.66. The van der Waals surface area contributed by atoms with Gasteiger partial charge in [0.25, 0.3) is 5.91 Å². The molecule has 294 valence electrons. The molecule has 4 rings (SSSR count). The van der Waals surface area contributed by atoms with E-state index in [9.17, 15) is 29.4 Å². The van der Waals surface area contributed by atoms with E-state index in [2.05, 4.69) is 38.3 Å². The maximum Gasteiger partial charge on any atom is 0.326 e. The number of unbranched alkanes of at least 4 members (excludes halogenated alkanes) is 2. The molecule has 14 heteroatoms. The second kappa shape index (κ2) is 17.4. The summed E-state index contributed by atoms with van der Waals surface area (Å²) in [5.41, 5.74) is -0.582. The van der Waals surface area contributed by atoms with E-state index in [0.717, 1.165) is 17.7 Å². The lowest BCUT2D eigenvalue weighted by molar-refractivity contribution is -0.164. The molecule has 13 nitrogen and oxygen atoms in total. The third-order valence-electron chi connectivity index (χ3n) is 10.2. The highest BCUT2D eigenvalue weighted by Gasteiger charge is 2.64. The molecule has 3 atom stereocenters. The first-order chi connectivity index (χ1) is 25.3. The minimum Gasteiger partial charge on any atom is -0.494 e. The van der Waals surface area contributed by atoms with Crippen LogP contribution in [-0.4, -0.2) is 95.5 Å². The number of carbonyl (C=O) groups excluding carboxylic acids is 3. The highest BCUT2D eigenvalue weighted by molar-refractivity contribution is 6.31. The molecule has 0 aromatic heterocycles. The molecular formula is C40H53ClN4O9. The number of carboxylic acids is 1. The zero-order valence-electron chi connectivity index (χ0n) is 32.1. The number of hydrogen-bond donors (Lipinski definition) is 4. The van der Waals surface area contributed by atoms with Crippen LogP contribution in [0.25, 0.3) is 0 Å². The molecule has 3 amide bonds. The Kier molecular flexibility index (Phi) is 13.6. The van der Waals surface area contributed by atoms with Gasteiger partial charge in [0, 0.05) is 48.1 Å². The van der Waals surface area contributed by atoms with Crippen LogP contribution in [0.2, 0.25) is 5.02 Å². The summed E-state index contributed by atoms with van der Waals surface area (Å²) in [6, 6.07) is 11.7. The lowest BCUT2D eigenvalue weighted by Crippen LogP contribution is -2.74. The van der Waals surface area contributed by atoms with Crippen LogP contribution in [0.15, 0.2) is 42.5 Å². The number of ether oxygens (including phenoxy) is 3. The van der Waals surface area contributed by atoms with Crippen molar-refractivity contribution >= 4 is 35.3 Å². The summed E-state index contributed by atoms with van der Waals surface area (Å²) in [5.74, 6) is -1.22. The number of aliphatic hydroxyl groups excluding tert-OH is 1. The maximum atomic E-state index is 13.2. The number of carbonyl (C=O) groups is 4. The van der Waals surface area contributed by atoms with E-state index in [1.807, 2.05) is 6.07 Å². The molecule has 0 spiro atoms. The van der Waals surface area contributed by atoms with Gasteiger partial charge in [0.15, 0.2) is 0 Å². The van der Waals surface area contributed by atoms with E-state index < -0.39 is 41.4 Å². The lowest BCUT2D eigenvalue weighted by Gasteiger charge is -2.63. The Bertz CT molecular complexity index is 1700. The SMILES string of the molecule is CC1(C)C(NC(=O)c2ccc(OCCCCCOCC(=O)N[C@H](C(=O)N3C[C@H](O)C[C@H]3C(=O)O)C(C)(C)C)cc2)C(C)(C)C1Oc1ccc(C#N)c(Cl)c1. The van der Waals surface area contributed by atoms with E-state index in [-0.39, 0.29) is 48.5 Å². The molecule has 0 bridgehead atoms. The Labute approximate surface area is 322 Å². The topological polar surface area (TPSA) is 188 Å². The number of nitriles is 1. The van der Waals surface area contributed by atoms with Crippen LogP contribution in [0.4, 0.5) is 0 Å². The fourth-order valence-corrected chi connectivity index (χ4v) is 7.87. The number of nitrogens with zero attached hydrogens (tertiary/aromatic N) is 2. The Balaban J connectivity index is 1.14. The Morgan fingerprint density at radius 1 is 1.00 bits per heavy atom. The third-order valence-corrected chi connectivity index (χ3v) is 10.6. The number of likely N-dealkylation sites (tertiary alicyclic amines) is 1. The number of rotatable bonds is 16. The highest BCUT2D eigenvalue weighted by Crippen LogP contribution is 2.55. The van der Waals surface area contributed by atoms with Crippen LogP contribution in [-0.2, 0) is 19.1 Å². The fraction of sp³-hybridized carbons (Fsp3) is 0.575. The number of nitrogens with one attached hydrogen (secondary N) is 2. The number of carboxylic acid groups (broad SMARTS) is 1. The van der Waals surface area contributed by atoms with Crippen molar-refractivity contribution < 1.29 is 43.6 Å². The predicted octanol–water partition coefficient (Wildman–Crippen LogP) is 4.97. The van der Waals surface area contributed by atoms with E-state index in [1.54, 1.807) is 63.2 Å². The molecular weight excluding hydrogens is 716 g/mol. The van der Waals surface area contributed by atoms with Crippen LogP contribution >= 0.6 is 11.6 Å². The zero-order chi connectivity index (χ0) is 40.0. The van der Waals surface area contributed by atoms with E-state index in [4.69, 9.17) is 31.1 Å². The number of amides is 3. The molecule has 2 aromatic rings. The molecule has 2 aromatic carbocycles. The minimum absolute atomic E-state index is 0.0533. The summed E-state index contributed by atoms with van der Waals surface area (Å²) in [4.78, 5) is 51.9. The van der Waals surface area contributed by atoms with Gasteiger partial charge in [-0.1, -0.05) is 60.1 Å². The molecule has 2 aliphatic rings. The van der Waals surface area contributed by atoms with Crippen molar-refractivity contribution in [1.29, 1.82) is 5.26 Å². The molecule has 1 aliphatic heterocycles. The predicted molar refractivity (Wildman–Crippen MR) is 201 cm³/mol. The van der Waals surface area contributed by atoms with Gasteiger partial charge in [-0.15, -0.1) is 0 Å². The number of aliphatic hydroxyl groups is 1. The lowest BCUT2D eigenvalue weighted by atomic mass is 9.49. The Hall–Kier alpha value is -4.38. The first kappa shape index (κ1) is 42.4. The van der Waals surface area contributed by atoms with Crippen molar-refractivity contribution in [2.45, 2.75) is 104 Å². The molecule has 1 saturated heterocycles. The molecule has 0 unspecified atom stereocenters. The van der Waals surface area contributed by atoms with Gasteiger partial charge in [0.05, 0.1) is 23.3 Å². The van der Waals surface area contributed by atoms with Crippen molar-refractivity contribution in [3.8, 4) is 17.6 Å². The zero-order valence-corrected chi connectivity index (χ0v) is 32.9. The van der Waals surface area contributed by atoms with Gasteiger partial charge < -0.3 is 40.0 Å². The monoisotopic (exact) mass is 768 g/mol. The molecule has 1 aliphatic carbocycles. The van der Waals surface area contributed by atoms with E-state index in [0.29, 0.717) is 47.3 Å². The van der Waals surface area contributed by atoms with Crippen LogP contribution in [0.5, 0.6) is 11.5 Å². The number of halogens is 1. The average Bonchev–Trinajstić information content (AvgIpc) is 3.50. The molecule has 4 N–H and O–H groups in total. The van der Waals surface area contributed by atoms with Crippen LogP contribution < -0.4 is 20.1 Å². The Morgan fingerprint density at radius 3 is 2.22 bits per heavy atom. The second-order valence-electron chi connectivity index (χ2n) is 16.4. The number of benzene rings is 2. The van der Waals surface area contributed by atoms with Gasteiger partial charge in [-0.25, -0.2) is 4.79 Å². The van der Waals surface area contributed by atoms with Gasteiger partial charge in [-0.2, -0.15) is 5.26 Å². The van der Waals surface area contributed by atoms with E-state index in [1.165, 1.54) is 0 Å². The van der Waals surface area contributed by atoms with Crippen molar-refractivity contribution in [3.05, 3.63) is 58.6 Å². The van der Waals surface area contributed by atoms with Crippen molar-refractivity contribution in [2.24, 2.45) is 16.2 Å². The normalized spacial score (nSPS) is 22.0. The van der Waals surface area contributed by atoms with Crippen LogP contribution in [0, 0.1) is 27.6 Å². The Morgan fingerprint density at radius 2 is 1.63 bits per heavy atom. The summed E-state index contributed by atoms with van der Waals surface area (Å²) in [5, 5.41) is 34.8. The van der Waals surface area contributed by atoms with Crippen molar-refractivity contribution in [3.63, 3.8) is 0 Å². The van der Waals surface area contributed by atoms with Gasteiger partial charge in [-0.3, -0.25) is 14.4 Å². The van der Waals surface area contributed by atoms with Gasteiger partial charge >= 0.3 is 5.97 Å². The van der Waals surface area contributed by atoms with Crippen LogP contribution in [0.3, 0.4) is 0 Å². The first-order valence-corrected chi connectivity index (χ1v) is 18.6. The minimum atomic E-state index is -1.20. The summed E-state index contributed by atoms with van der Waals surface area (Å²) >= 11 is 6.21. The summed E-state index contributed by atoms with van der Waals surface area (Å²) in [7, 11) is 0. The van der Waals surface area contributed by atoms with Crippen molar-refractivity contribution in [2.75, 3.05) is 26.4 Å². The summed E-state index contributed by atoms with van der Waals surface area (Å²) < 4.78 is 17.7. The molecule has 1 heterocycles. The quantitative estimate of drug-likeness (QED) is 0.170. The number of β-amino-alcohol motifs (C(OH)–C–C–N with tert-alkyl or cyclic N) is 1. The standard InChI is InChI=1S/C40H53ClN4O9/c1-38(2,3)32(34(49)45-22-26(46)19-30(45)35(50)51)43-31(47)23-52-17-9-8-10-18-53-27-14-11-24(12-15-27)33(48)44-36-39(4,5)37(40(36,6)7)54-28-16-13-25(21-42)29(41)20-28/h11-16,20,26,30,32,36-37,46H,8-10,17-19,22-23H2,1-7H3,(H,43,47)(H,44,48)(H,50,51)/t26-,30+,32-,36?,37?/m1/s1. The van der Waals surface area contributed by atoms with Gasteiger partial charge in [0.2, 0.25) is 11.8 Å². The second-order valence-corrected chi connectivity index (χ2v) is 16.8. The molecule has 2 fully saturated rings. The van der Waals surface area contributed by atoms with Crippen LogP contribution in [0.1, 0.15) is 90.1 Å². The van der Waals surface area contributed by atoms with Crippen molar-refractivity contribution in [1.82, 2.24) is 15.5 Å². The number of aliphatic carboxylic acids is 1. The number of hydrogen-bond acceptors (Lipinski definition) is 9. The molecule has 1 saturated carbocycles. The first-order valence-electron chi connectivity index (χ1n) is 18.3. The van der Waals surface area contributed by atoms with E-state index >= 15 is 0 Å².